The van der Waals surface area contributed by atoms with Crippen LogP contribution in [0.1, 0.15) is 47.1 Å². The number of hydrogen-bond acceptors (Lipinski definition) is 7. The fourth-order valence-electron chi connectivity index (χ4n) is 4.47. The first-order chi connectivity index (χ1) is 18.3. The molecule has 1 aliphatic heterocycles. The highest BCUT2D eigenvalue weighted by Gasteiger charge is 2.33. The Kier molecular flexibility index (Phi) is 6.69. The Morgan fingerprint density at radius 2 is 1.89 bits per heavy atom. The van der Waals surface area contributed by atoms with Crippen LogP contribution in [0.5, 0.6) is 0 Å². The van der Waals surface area contributed by atoms with Gasteiger partial charge < -0.3 is 14.3 Å². The third-order valence-corrected chi connectivity index (χ3v) is 7.27. The molecule has 2 aromatic heterocycles. The average molecular weight is 529 g/mol. The molecule has 1 aliphatic rings. The van der Waals surface area contributed by atoms with Crippen molar-refractivity contribution in [2.75, 3.05) is 6.61 Å². The van der Waals surface area contributed by atoms with E-state index in [4.69, 9.17) is 9.15 Å². The first-order valence-corrected chi connectivity index (χ1v) is 12.8. The van der Waals surface area contributed by atoms with Crippen LogP contribution in [0.2, 0.25) is 0 Å². The van der Waals surface area contributed by atoms with Gasteiger partial charge in [-0.3, -0.25) is 9.36 Å². The van der Waals surface area contributed by atoms with Crippen molar-refractivity contribution in [2.45, 2.75) is 26.8 Å². The van der Waals surface area contributed by atoms with E-state index in [0.717, 1.165) is 11.1 Å². The van der Waals surface area contributed by atoms with Gasteiger partial charge in [-0.05, 0) is 56.2 Å². The molecule has 9 heteroatoms. The molecule has 0 bridgehead atoms. The van der Waals surface area contributed by atoms with Crippen LogP contribution in [-0.2, 0) is 9.53 Å². The summed E-state index contributed by atoms with van der Waals surface area (Å²) in [7, 11) is 0. The molecule has 192 valence electrons. The number of rotatable bonds is 6. The van der Waals surface area contributed by atoms with Crippen LogP contribution in [0.3, 0.4) is 0 Å². The van der Waals surface area contributed by atoms with Gasteiger partial charge in [-0.15, -0.1) is 0 Å². The van der Waals surface area contributed by atoms with E-state index in [1.54, 1.807) is 50.3 Å². The number of carbonyl (C=O) groups excluding carboxylic acids is 1. The SMILES string of the molecule is CCOC(=O)C1=C(C)N=c2s/c(=C\c3ccc(-c4cc(C(=O)O)ccc4C)o3)c(=O)n2[C@@H]1c1ccccc1. The summed E-state index contributed by atoms with van der Waals surface area (Å²) in [5, 5.41) is 9.35. The largest absolute Gasteiger partial charge is 0.478 e. The zero-order chi connectivity index (χ0) is 27.0. The average Bonchev–Trinajstić information content (AvgIpc) is 3.48. The zero-order valence-electron chi connectivity index (χ0n) is 20.9. The van der Waals surface area contributed by atoms with Crippen LogP contribution in [0.25, 0.3) is 17.4 Å². The maximum absolute atomic E-state index is 13.7. The number of aromatic nitrogens is 1. The van der Waals surface area contributed by atoms with Crippen molar-refractivity contribution in [1.82, 2.24) is 4.57 Å². The number of benzene rings is 2. The van der Waals surface area contributed by atoms with Crippen molar-refractivity contribution in [3.05, 3.63) is 114 Å². The molecule has 0 saturated heterocycles. The highest BCUT2D eigenvalue weighted by atomic mass is 32.1. The maximum atomic E-state index is 13.7. The molecular formula is C29H24N2O6S. The molecule has 1 atom stereocenters. The van der Waals surface area contributed by atoms with Gasteiger partial charge in [-0.25, -0.2) is 14.6 Å². The summed E-state index contributed by atoms with van der Waals surface area (Å²) in [5.41, 5.74) is 2.96. The minimum absolute atomic E-state index is 0.158. The molecule has 0 saturated carbocycles. The van der Waals surface area contributed by atoms with Gasteiger partial charge in [0.1, 0.15) is 11.5 Å². The van der Waals surface area contributed by atoms with Gasteiger partial charge in [-0.2, -0.15) is 0 Å². The number of aromatic carboxylic acids is 1. The highest BCUT2D eigenvalue weighted by Crippen LogP contribution is 2.31. The lowest BCUT2D eigenvalue weighted by Crippen LogP contribution is -2.39. The normalized spacial score (nSPS) is 15.2. The summed E-state index contributed by atoms with van der Waals surface area (Å²) < 4.78 is 13.2. The summed E-state index contributed by atoms with van der Waals surface area (Å²) in [5.74, 6) is -0.605. The van der Waals surface area contributed by atoms with E-state index >= 15 is 0 Å². The lowest BCUT2D eigenvalue weighted by molar-refractivity contribution is -0.139. The molecule has 0 radical (unpaired) electrons. The number of aryl methyl sites for hydroxylation is 1. The van der Waals surface area contributed by atoms with Crippen LogP contribution in [0, 0.1) is 6.92 Å². The number of carbonyl (C=O) groups is 2. The minimum atomic E-state index is -1.02. The number of carboxylic acid groups (broad SMARTS) is 1. The molecule has 8 nitrogen and oxygen atoms in total. The van der Waals surface area contributed by atoms with E-state index < -0.39 is 18.0 Å². The quantitative estimate of drug-likeness (QED) is 0.378. The maximum Gasteiger partial charge on any atom is 0.338 e. The fraction of sp³-hybridized carbons (Fsp3) is 0.172. The predicted molar refractivity (Wildman–Crippen MR) is 143 cm³/mol. The van der Waals surface area contributed by atoms with Crippen LogP contribution < -0.4 is 14.9 Å². The molecule has 0 amide bonds. The summed E-state index contributed by atoms with van der Waals surface area (Å²) >= 11 is 1.20. The fourth-order valence-corrected chi connectivity index (χ4v) is 5.49. The Balaban J connectivity index is 1.62. The molecule has 0 spiro atoms. The monoisotopic (exact) mass is 528 g/mol. The molecule has 0 fully saturated rings. The van der Waals surface area contributed by atoms with Gasteiger partial charge in [-0.1, -0.05) is 47.7 Å². The van der Waals surface area contributed by atoms with Crippen molar-refractivity contribution in [1.29, 1.82) is 0 Å². The van der Waals surface area contributed by atoms with Gasteiger partial charge in [0.2, 0.25) is 0 Å². The molecule has 0 aliphatic carbocycles. The third kappa shape index (κ3) is 4.52. The number of thiazole rings is 1. The number of allylic oxidation sites excluding steroid dienone is 1. The van der Waals surface area contributed by atoms with Gasteiger partial charge in [0.15, 0.2) is 4.80 Å². The Morgan fingerprint density at radius 1 is 1.13 bits per heavy atom. The number of ether oxygens (including phenoxy) is 1. The van der Waals surface area contributed by atoms with Crippen molar-refractivity contribution >= 4 is 29.4 Å². The van der Waals surface area contributed by atoms with E-state index in [2.05, 4.69) is 4.99 Å². The number of fused-ring (bicyclic) bond motifs is 1. The number of carboxylic acids is 1. The van der Waals surface area contributed by atoms with E-state index in [0.29, 0.717) is 37.7 Å². The minimum Gasteiger partial charge on any atom is -0.478 e. The summed E-state index contributed by atoms with van der Waals surface area (Å²) in [6.45, 7) is 5.55. The predicted octanol–water partition coefficient (Wildman–Crippen LogP) is 4.06. The van der Waals surface area contributed by atoms with Crippen LogP contribution >= 0.6 is 11.3 Å². The smallest absolute Gasteiger partial charge is 0.338 e. The molecule has 3 heterocycles. The lowest BCUT2D eigenvalue weighted by Gasteiger charge is -2.24. The second-order valence-corrected chi connectivity index (χ2v) is 9.76. The van der Waals surface area contributed by atoms with Crippen molar-refractivity contribution in [3.63, 3.8) is 0 Å². The van der Waals surface area contributed by atoms with E-state index in [-0.39, 0.29) is 17.7 Å². The Morgan fingerprint density at radius 3 is 2.61 bits per heavy atom. The van der Waals surface area contributed by atoms with Crippen LogP contribution in [0.15, 0.2) is 86.1 Å². The molecule has 2 aromatic carbocycles. The Hall–Kier alpha value is -4.50. The number of nitrogens with zero attached hydrogens (tertiary/aromatic N) is 2. The molecule has 5 rings (SSSR count). The topological polar surface area (TPSA) is 111 Å². The number of esters is 1. The molecule has 1 N–H and O–H groups in total. The standard InChI is InChI=1S/C29H24N2O6S/c1-4-36-28(35)24-17(3)30-29-31(25(24)18-8-6-5-7-9-18)26(32)23(38-29)15-20-12-13-22(37-20)21-14-19(27(33)34)11-10-16(21)2/h5-15,25H,4H2,1-3H3,(H,33,34)/b23-15-/t25-/m1/s1. The first-order valence-electron chi connectivity index (χ1n) is 12.0. The van der Waals surface area contributed by atoms with Gasteiger partial charge >= 0.3 is 11.9 Å². The lowest BCUT2D eigenvalue weighted by atomic mass is 9.96. The van der Waals surface area contributed by atoms with Crippen LogP contribution in [-0.4, -0.2) is 28.2 Å². The molecule has 38 heavy (non-hydrogen) atoms. The zero-order valence-corrected chi connectivity index (χ0v) is 21.7. The summed E-state index contributed by atoms with van der Waals surface area (Å²) in [6.07, 6.45) is 1.63. The molecule has 0 unspecified atom stereocenters. The van der Waals surface area contributed by atoms with Crippen molar-refractivity contribution in [2.24, 2.45) is 4.99 Å². The molecule has 4 aromatic rings. The Bertz CT molecular complexity index is 1780. The number of furan rings is 1. The van der Waals surface area contributed by atoms with Crippen LogP contribution in [0.4, 0.5) is 0 Å². The van der Waals surface area contributed by atoms with Gasteiger partial charge in [0.05, 0.1) is 34.0 Å². The summed E-state index contributed by atoms with van der Waals surface area (Å²) in [6, 6.07) is 16.9. The Labute approximate surface area is 221 Å². The van der Waals surface area contributed by atoms with E-state index in [1.807, 2.05) is 37.3 Å². The second-order valence-electron chi connectivity index (χ2n) is 8.75. The van der Waals surface area contributed by atoms with Gasteiger partial charge in [0, 0.05) is 11.6 Å². The van der Waals surface area contributed by atoms with Crippen molar-refractivity contribution < 1.29 is 23.8 Å². The number of hydrogen-bond donors (Lipinski definition) is 1. The summed E-state index contributed by atoms with van der Waals surface area (Å²) in [4.78, 5) is 43.1. The van der Waals surface area contributed by atoms with E-state index in [9.17, 15) is 19.5 Å². The molecular weight excluding hydrogens is 504 g/mol. The van der Waals surface area contributed by atoms with Crippen molar-refractivity contribution in [3.8, 4) is 11.3 Å². The second kappa shape index (κ2) is 10.1. The van der Waals surface area contributed by atoms with Gasteiger partial charge in [0.25, 0.3) is 5.56 Å². The van der Waals surface area contributed by atoms with E-state index in [1.165, 1.54) is 15.9 Å². The third-order valence-electron chi connectivity index (χ3n) is 6.28. The highest BCUT2D eigenvalue weighted by molar-refractivity contribution is 7.07. The first kappa shape index (κ1) is 25.2.